The van der Waals surface area contributed by atoms with E-state index in [2.05, 4.69) is 12.1 Å². The Hall–Kier alpha value is -2.58. The Bertz CT molecular complexity index is 733. The van der Waals surface area contributed by atoms with E-state index in [1.165, 1.54) is 5.56 Å². The van der Waals surface area contributed by atoms with Crippen LogP contribution < -0.4 is 4.74 Å². The lowest BCUT2D eigenvalue weighted by Crippen LogP contribution is -1.99. The largest absolute Gasteiger partial charge is 0.497 e. The first-order valence-corrected chi connectivity index (χ1v) is 7.25. The van der Waals surface area contributed by atoms with Crippen LogP contribution in [0.2, 0.25) is 0 Å². The Balaban J connectivity index is 1.86. The number of aliphatic hydroxyl groups is 1. The predicted molar refractivity (Wildman–Crippen MR) is 88.9 cm³/mol. The van der Waals surface area contributed by atoms with Gasteiger partial charge in [-0.1, -0.05) is 66.7 Å². The van der Waals surface area contributed by atoms with Crippen molar-refractivity contribution in [2.24, 2.45) is 0 Å². The van der Waals surface area contributed by atoms with Crippen molar-refractivity contribution in [3.8, 4) is 16.9 Å². The first-order valence-electron chi connectivity index (χ1n) is 7.25. The second kappa shape index (κ2) is 6.46. The second-order valence-electron chi connectivity index (χ2n) is 5.17. The van der Waals surface area contributed by atoms with E-state index >= 15 is 0 Å². The lowest BCUT2D eigenvalue weighted by Gasteiger charge is -2.13. The molecule has 0 bridgehead atoms. The Morgan fingerprint density at radius 2 is 1.41 bits per heavy atom. The van der Waals surface area contributed by atoms with Gasteiger partial charge in [0.2, 0.25) is 0 Å². The van der Waals surface area contributed by atoms with Gasteiger partial charge in [0.05, 0.1) is 7.11 Å². The fourth-order valence-corrected chi connectivity index (χ4v) is 2.49. The molecule has 0 saturated heterocycles. The van der Waals surface area contributed by atoms with Crippen molar-refractivity contribution in [2.75, 3.05) is 7.11 Å². The molecule has 0 aliphatic rings. The van der Waals surface area contributed by atoms with Gasteiger partial charge in [-0.05, 0) is 34.4 Å². The van der Waals surface area contributed by atoms with Crippen LogP contribution in [0.25, 0.3) is 11.1 Å². The first kappa shape index (κ1) is 14.4. The highest BCUT2D eigenvalue weighted by Gasteiger charge is 2.11. The summed E-state index contributed by atoms with van der Waals surface area (Å²) in [5, 5.41) is 10.5. The maximum Gasteiger partial charge on any atom is 0.119 e. The molecule has 0 aliphatic carbocycles. The monoisotopic (exact) mass is 290 g/mol. The maximum atomic E-state index is 10.5. The van der Waals surface area contributed by atoms with Crippen molar-refractivity contribution in [1.82, 2.24) is 0 Å². The number of benzene rings is 3. The lowest BCUT2D eigenvalue weighted by molar-refractivity contribution is 0.220. The molecule has 110 valence electrons. The van der Waals surface area contributed by atoms with Gasteiger partial charge in [0.1, 0.15) is 11.9 Å². The molecule has 0 unspecified atom stereocenters. The van der Waals surface area contributed by atoms with Gasteiger partial charge in [0, 0.05) is 0 Å². The zero-order chi connectivity index (χ0) is 15.4. The smallest absolute Gasteiger partial charge is 0.119 e. The van der Waals surface area contributed by atoms with Crippen LogP contribution >= 0.6 is 0 Å². The number of hydrogen-bond donors (Lipinski definition) is 1. The minimum Gasteiger partial charge on any atom is -0.497 e. The van der Waals surface area contributed by atoms with Gasteiger partial charge in [-0.3, -0.25) is 0 Å². The molecule has 0 heterocycles. The van der Waals surface area contributed by atoms with Crippen LogP contribution in [0.5, 0.6) is 5.75 Å². The topological polar surface area (TPSA) is 29.5 Å². The molecular formula is C20H18O2. The molecule has 0 spiro atoms. The van der Waals surface area contributed by atoms with Crippen molar-refractivity contribution in [2.45, 2.75) is 6.10 Å². The van der Waals surface area contributed by atoms with Crippen LogP contribution in [-0.2, 0) is 0 Å². The molecule has 22 heavy (non-hydrogen) atoms. The van der Waals surface area contributed by atoms with E-state index < -0.39 is 6.10 Å². The number of hydrogen-bond acceptors (Lipinski definition) is 2. The third-order valence-corrected chi connectivity index (χ3v) is 3.74. The summed E-state index contributed by atoms with van der Waals surface area (Å²) in [5.41, 5.74) is 4.01. The quantitative estimate of drug-likeness (QED) is 0.769. The molecule has 1 atom stereocenters. The average molecular weight is 290 g/mol. The standard InChI is InChI=1S/C20H18O2/c1-22-19-9-5-8-18(14-19)20(21)17-12-10-16(11-13-17)15-6-3-2-4-7-15/h2-14,20-21H,1H3/t20-/m1/s1. The second-order valence-corrected chi connectivity index (χ2v) is 5.17. The van der Waals surface area contributed by atoms with Gasteiger partial charge in [0.15, 0.2) is 0 Å². The molecule has 0 radical (unpaired) electrons. The highest BCUT2D eigenvalue weighted by atomic mass is 16.5. The zero-order valence-electron chi connectivity index (χ0n) is 12.4. The fourth-order valence-electron chi connectivity index (χ4n) is 2.49. The molecule has 0 amide bonds. The molecule has 0 aliphatic heterocycles. The van der Waals surface area contributed by atoms with Gasteiger partial charge in [-0.15, -0.1) is 0 Å². The molecule has 3 aromatic rings. The van der Waals surface area contributed by atoms with Gasteiger partial charge in [-0.25, -0.2) is 0 Å². The van der Waals surface area contributed by atoms with Gasteiger partial charge in [-0.2, -0.15) is 0 Å². The summed E-state index contributed by atoms with van der Waals surface area (Å²) in [6.07, 6.45) is -0.653. The average Bonchev–Trinajstić information content (AvgIpc) is 2.62. The summed E-state index contributed by atoms with van der Waals surface area (Å²) in [6.45, 7) is 0. The first-order chi connectivity index (χ1) is 10.8. The fraction of sp³-hybridized carbons (Fsp3) is 0.100. The number of ether oxygens (including phenoxy) is 1. The summed E-state index contributed by atoms with van der Waals surface area (Å²) in [4.78, 5) is 0. The Labute approximate surface area is 130 Å². The van der Waals surface area contributed by atoms with Crippen molar-refractivity contribution in [3.63, 3.8) is 0 Å². The number of aliphatic hydroxyl groups excluding tert-OH is 1. The van der Waals surface area contributed by atoms with E-state index in [1.807, 2.05) is 66.7 Å². The Morgan fingerprint density at radius 1 is 0.727 bits per heavy atom. The van der Waals surface area contributed by atoms with Gasteiger partial charge in [0.25, 0.3) is 0 Å². The minimum absolute atomic E-state index is 0.653. The molecule has 3 aromatic carbocycles. The van der Waals surface area contributed by atoms with E-state index in [4.69, 9.17) is 4.74 Å². The summed E-state index contributed by atoms with van der Waals surface area (Å²) < 4.78 is 5.21. The summed E-state index contributed by atoms with van der Waals surface area (Å²) in [6, 6.07) is 25.7. The maximum absolute atomic E-state index is 10.5. The van der Waals surface area contributed by atoms with E-state index in [0.29, 0.717) is 0 Å². The molecule has 2 heteroatoms. The normalized spacial score (nSPS) is 11.9. The van der Waals surface area contributed by atoms with Crippen LogP contribution in [0, 0.1) is 0 Å². The van der Waals surface area contributed by atoms with Crippen LogP contribution in [-0.4, -0.2) is 12.2 Å². The SMILES string of the molecule is COc1cccc([C@H](O)c2ccc(-c3ccccc3)cc2)c1. The third kappa shape index (κ3) is 3.02. The van der Waals surface area contributed by atoms with Crippen molar-refractivity contribution >= 4 is 0 Å². The molecule has 1 N–H and O–H groups in total. The minimum atomic E-state index is -0.653. The molecule has 2 nitrogen and oxygen atoms in total. The van der Waals surface area contributed by atoms with Gasteiger partial charge < -0.3 is 9.84 Å². The van der Waals surface area contributed by atoms with Gasteiger partial charge >= 0.3 is 0 Å². The lowest BCUT2D eigenvalue weighted by atomic mass is 9.98. The highest BCUT2D eigenvalue weighted by molar-refractivity contribution is 5.63. The number of methoxy groups -OCH3 is 1. The summed E-state index contributed by atoms with van der Waals surface area (Å²) in [7, 11) is 1.63. The Morgan fingerprint density at radius 3 is 2.09 bits per heavy atom. The van der Waals surface area contributed by atoms with E-state index in [1.54, 1.807) is 7.11 Å². The molecule has 3 rings (SSSR count). The highest BCUT2D eigenvalue weighted by Crippen LogP contribution is 2.27. The van der Waals surface area contributed by atoms with E-state index in [0.717, 1.165) is 22.4 Å². The predicted octanol–water partition coefficient (Wildman–Crippen LogP) is 4.44. The Kier molecular flexibility index (Phi) is 4.22. The third-order valence-electron chi connectivity index (χ3n) is 3.74. The van der Waals surface area contributed by atoms with Crippen LogP contribution in [0.3, 0.4) is 0 Å². The number of rotatable bonds is 4. The van der Waals surface area contributed by atoms with Crippen LogP contribution in [0.4, 0.5) is 0 Å². The molecule has 0 fully saturated rings. The van der Waals surface area contributed by atoms with Crippen molar-refractivity contribution in [1.29, 1.82) is 0 Å². The summed E-state index contributed by atoms with van der Waals surface area (Å²) >= 11 is 0. The molecule has 0 aromatic heterocycles. The van der Waals surface area contributed by atoms with Crippen molar-refractivity contribution in [3.05, 3.63) is 90.0 Å². The molecule has 0 saturated carbocycles. The van der Waals surface area contributed by atoms with Crippen molar-refractivity contribution < 1.29 is 9.84 Å². The van der Waals surface area contributed by atoms with E-state index in [9.17, 15) is 5.11 Å². The van der Waals surface area contributed by atoms with Crippen LogP contribution in [0.15, 0.2) is 78.9 Å². The summed E-state index contributed by atoms with van der Waals surface area (Å²) in [5.74, 6) is 0.748. The van der Waals surface area contributed by atoms with E-state index in [-0.39, 0.29) is 0 Å². The molecular weight excluding hydrogens is 272 g/mol. The zero-order valence-corrected chi connectivity index (χ0v) is 12.4. The van der Waals surface area contributed by atoms with Crippen LogP contribution in [0.1, 0.15) is 17.2 Å².